The molecule has 2 fully saturated rings. The van der Waals surface area contributed by atoms with Crippen molar-refractivity contribution in [2.45, 2.75) is 0 Å². The lowest BCUT2D eigenvalue weighted by Gasteiger charge is -2.30. The van der Waals surface area contributed by atoms with E-state index >= 15 is 0 Å². The van der Waals surface area contributed by atoms with E-state index < -0.39 is 0 Å². The Kier molecular flexibility index (Phi) is 6.40. The number of benzene rings is 1. The van der Waals surface area contributed by atoms with Crippen LogP contribution in [-0.2, 0) is 9.47 Å². The van der Waals surface area contributed by atoms with E-state index in [-0.39, 0.29) is 5.82 Å². The molecule has 2 saturated heterocycles. The molecule has 2 aromatic heterocycles. The highest BCUT2D eigenvalue weighted by molar-refractivity contribution is 5.78. The predicted octanol–water partition coefficient (Wildman–Crippen LogP) is 2.39. The first kappa shape index (κ1) is 21.3. The lowest BCUT2D eigenvalue weighted by atomic mass is 10.2. The molecule has 33 heavy (non-hydrogen) atoms. The van der Waals surface area contributed by atoms with Gasteiger partial charge in [-0.1, -0.05) is 0 Å². The van der Waals surface area contributed by atoms with Gasteiger partial charge in [0.1, 0.15) is 17.3 Å². The van der Waals surface area contributed by atoms with Crippen LogP contribution in [0.3, 0.4) is 0 Å². The summed E-state index contributed by atoms with van der Waals surface area (Å²) >= 11 is 0. The van der Waals surface area contributed by atoms with Gasteiger partial charge in [0, 0.05) is 31.7 Å². The summed E-state index contributed by atoms with van der Waals surface area (Å²) < 4.78 is 29.8. The average Bonchev–Trinajstić information content (AvgIpc) is 3.34. The van der Waals surface area contributed by atoms with Crippen molar-refractivity contribution in [2.24, 2.45) is 5.10 Å². The minimum Gasteiger partial charge on any atom is -0.455 e. The van der Waals surface area contributed by atoms with Gasteiger partial charge in [-0.3, -0.25) is 0 Å². The van der Waals surface area contributed by atoms with Crippen molar-refractivity contribution < 1.29 is 18.3 Å². The molecule has 11 heteroatoms. The maximum Gasteiger partial charge on any atom is 0.250 e. The van der Waals surface area contributed by atoms with Crippen molar-refractivity contribution in [1.82, 2.24) is 15.0 Å². The Labute approximate surface area is 190 Å². The Hall–Kier alpha value is -3.57. The van der Waals surface area contributed by atoms with Gasteiger partial charge in [-0.15, -0.1) is 0 Å². The standard InChI is InChI=1S/C22H24FN7O3/c23-17-3-1-16(2-4-17)19-6-5-18(33-19)15-24-28-20-25-21(29-7-11-31-12-8-29)27-22(26-20)30-9-13-32-14-10-30/h1-6,15H,7-14H2,(H,25,26,27,28)/b24-15+. The fraction of sp³-hybridized carbons (Fsp3) is 0.364. The molecule has 4 heterocycles. The van der Waals surface area contributed by atoms with Crippen LogP contribution < -0.4 is 15.2 Å². The highest BCUT2D eigenvalue weighted by atomic mass is 19.1. The quantitative estimate of drug-likeness (QED) is 0.445. The zero-order chi connectivity index (χ0) is 22.5. The first-order valence-electron chi connectivity index (χ1n) is 10.8. The monoisotopic (exact) mass is 453 g/mol. The second kappa shape index (κ2) is 9.92. The molecular weight excluding hydrogens is 429 g/mol. The number of morpholine rings is 2. The first-order chi connectivity index (χ1) is 16.2. The summed E-state index contributed by atoms with van der Waals surface area (Å²) in [5, 5.41) is 4.24. The van der Waals surface area contributed by atoms with E-state index in [9.17, 15) is 4.39 Å². The third kappa shape index (κ3) is 5.26. The zero-order valence-corrected chi connectivity index (χ0v) is 18.0. The summed E-state index contributed by atoms with van der Waals surface area (Å²) in [6.45, 7) is 5.40. The third-order valence-electron chi connectivity index (χ3n) is 5.31. The van der Waals surface area contributed by atoms with Gasteiger partial charge in [-0.2, -0.15) is 20.1 Å². The number of aromatic nitrogens is 3. The summed E-state index contributed by atoms with van der Waals surface area (Å²) in [7, 11) is 0. The molecule has 0 amide bonds. The normalized spacial score (nSPS) is 17.0. The molecule has 1 N–H and O–H groups in total. The summed E-state index contributed by atoms with van der Waals surface area (Å²) in [6.07, 6.45) is 1.54. The molecule has 10 nitrogen and oxygen atoms in total. The summed E-state index contributed by atoms with van der Waals surface area (Å²) in [6, 6.07) is 9.72. The summed E-state index contributed by atoms with van der Waals surface area (Å²) in [4.78, 5) is 17.9. The minimum absolute atomic E-state index is 0.290. The molecule has 3 aromatic rings. The van der Waals surface area contributed by atoms with Crippen LogP contribution in [0.1, 0.15) is 5.76 Å². The lowest BCUT2D eigenvalue weighted by molar-refractivity contribution is 0.121. The van der Waals surface area contributed by atoms with Gasteiger partial charge < -0.3 is 23.7 Å². The predicted molar refractivity (Wildman–Crippen MR) is 121 cm³/mol. The molecule has 5 rings (SSSR count). The van der Waals surface area contributed by atoms with Crippen molar-refractivity contribution in [3.63, 3.8) is 0 Å². The highest BCUT2D eigenvalue weighted by Crippen LogP contribution is 2.22. The number of halogens is 1. The molecule has 0 saturated carbocycles. The van der Waals surface area contributed by atoms with E-state index in [0.29, 0.717) is 82.0 Å². The van der Waals surface area contributed by atoms with Gasteiger partial charge in [0.05, 0.1) is 32.6 Å². The summed E-state index contributed by atoms with van der Waals surface area (Å²) in [5.41, 5.74) is 3.67. The Morgan fingerprint density at radius 2 is 1.42 bits per heavy atom. The van der Waals surface area contributed by atoms with Crippen LogP contribution >= 0.6 is 0 Å². The Balaban J connectivity index is 1.32. The molecule has 2 aliphatic heterocycles. The number of nitrogens with zero attached hydrogens (tertiary/aromatic N) is 6. The van der Waals surface area contributed by atoms with Gasteiger partial charge in [0.25, 0.3) is 0 Å². The molecule has 0 spiro atoms. The van der Waals surface area contributed by atoms with Crippen LogP contribution in [-0.4, -0.2) is 73.8 Å². The van der Waals surface area contributed by atoms with Crippen LogP contribution in [0.5, 0.6) is 0 Å². The fourth-order valence-corrected chi connectivity index (χ4v) is 3.56. The topological polar surface area (TPSA) is 101 Å². The van der Waals surface area contributed by atoms with Gasteiger partial charge >= 0.3 is 0 Å². The van der Waals surface area contributed by atoms with E-state index in [4.69, 9.17) is 13.9 Å². The van der Waals surface area contributed by atoms with Gasteiger partial charge in [0.2, 0.25) is 17.8 Å². The van der Waals surface area contributed by atoms with Crippen LogP contribution in [0.25, 0.3) is 11.3 Å². The first-order valence-corrected chi connectivity index (χ1v) is 10.8. The van der Waals surface area contributed by atoms with E-state index in [1.54, 1.807) is 24.4 Å². The Bertz CT molecular complexity index is 1060. The number of hydrogen-bond acceptors (Lipinski definition) is 10. The summed E-state index contributed by atoms with van der Waals surface area (Å²) in [5.74, 6) is 2.39. The largest absolute Gasteiger partial charge is 0.455 e. The molecule has 0 unspecified atom stereocenters. The molecule has 1 aromatic carbocycles. The highest BCUT2D eigenvalue weighted by Gasteiger charge is 2.20. The second-order valence-corrected chi connectivity index (χ2v) is 7.54. The average molecular weight is 453 g/mol. The maximum absolute atomic E-state index is 13.1. The van der Waals surface area contributed by atoms with Crippen LogP contribution in [0.2, 0.25) is 0 Å². The number of furan rings is 1. The van der Waals surface area contributed by atoms with Gasteiger partial charge in [-0.05, 0) is 36.4 Å². The zero-order valence-electron chi connectivity index (χ0n) is 18.0. The molecule has 0 atom stereocenters. The molecule has 0 bridgehead atoms. The number of anilines is 3. The lowest BCUT2D eigenvalue weighted by Crippen LogP contribution is -2.40. The number of rotatable bonds is 6. The van der Waals surface area contributed by atoms with Gasteiger partial charge in [0.15, 0.2) is 0 Å². The SMILES string of the molecule is Fc1ccc(-c2ccc(/C=N/Nc3nc(N4CCOCC4)nc(N4CCOCC4)n3)o2)cc1. The Morgan fingerprint density at radius 3 is 2.03 bits per heavy atom. The van der Waals surface area contributed by atoms with Crippen molar-refractivity contribution >= 4 is 24.1 Å². The number of ether oxygens (including phenoxy) is 2. The van der Waals surface area contributed by atoms with E-state index in [1.807, 2.05) is 6.07 Å². The van der Waals surface area contributed by atoms with Crippen molar-refractivity contribution in [2.75, 3.05) is 67.8 Å². The molecule has 2 aliphatic rings. The number of nitrogens with one attached hydrogen (secondary N) is 1. The van der Waals surface area contributed by atoms with Crippen LogP contribution in [0.15, 0.2) is 45.9 Å². The minimum atomic E-state index is -0.290. The van der Waals surface area contributed by atoms with Gasteiger partial charge in [-0.25, -0.2) is 9.82 Å². The van der Waals surface area contributed by atoms with Crippen LogP contribution in [0.4, 0.5) is 22.2 Å². The van der Waals surface area contributed by atoms with E-state index in [2.05, 4.69) is 35.3 Å². The molecule has 0 aliphatic carbocycles. The maximum atomic E-state index is 13.1. The van der Waals surface area contributed by atoms with E-state index in [1.165, 1.54) is 12.1 Å². The van der Waals surface area contributed by atoms with E-state index in [0.717, 1.165) is 5.56 Å². The number of hydrogen-bond donors (Lipinski definition) is 1. The smallest absolute Gasteiger partial charge is 0.250 e. The molecule has 0 radical (unpaired) electrons. The number of hydrazone groups is 1. The molecule has 172 valence electrons. The van der Waals surface area contributed by atoms with Crippen molar-refractivity contribution in [3.8, 4) is 11.3 Å². The van der Waals surface area contributed by atoms with Crippen molar-refractivity contribution in [3.05, 3.63) is 48.0 Å². The van der Waals surface area contributed by atoms with Crippen molar-refractivity contribution in [1.29, 1.82) is 0 Å². The molecular formula is C22H24FN7O3. The van der Waals surface area contributed by atoms with Crippen LogP contribution in [0, 0.1) is 5.82 Å². The Morgan fingerprint density at radius 1 is 0.818 bits per heavy atom. The third-order valence-corrected chi connectivity index (χ3v) is 5.31. The fourth-order valence-electron chi connectivity index (χ4n) is 3.56. The second-order valence-electron chi connectivity index (χ2n) is 7.54.